The maximum Gasteiger partial charge on any atom is 0.243 e. The Bertz CT molecular complexity index is 885. The maximum atomic E-state index is 12.2. The smallest absolute Gasteiger partial charge is 0.243 e. The Morgan fingerprint density at radius 2 is 1.53 bits per heavy atom. The summed E-state index contributed by atoms with van der Waals surface area (Å²) >= 11 is 0. The van der Waals surface area contributed by atoms with Gasteiger partial charge in [-0.2, -0.15) is 0 Å². The molecule has 0 saturated carbocycles. The third-order valence-corrected chi connectivity index (χ3v) is 4.36. The standard InChI is InChI=1S/C22H28N2O6/c1-14(25)10-21(26)24(23)17-11-15(8-9-18(17)27-2)6-7-16-12-19(28-3)22(30-5)20(13-16)29-4/h6-9,11-14,25H,10,23H2,1-5H3/t14-/m1/s1. The summed E-state index contributed by atoms with van der Waals surface area (Å²) in [5, 5.41) is 10.4. The molecule has 2 aromatic rings. The van der Waals surface area contributed by atoms with E-state index in [0.717, 1.165) is 16.1 Å². The fraction of sp³-hybridized carbons (Fsp3) is 0.318. The third-order valence-electron chi connectivity index (χ3n) is 4.36. The molecule has 0 heterocycles. The number of carbonyl (C=O) groups excluding carboxylic acids is 1. The van der Waals surface area contributed by atoms with E-state index in [9.17, 15) is 9.90 Å². The molecule has 0 unspecified atom stereocenters. The number of hydrogen-bond acceptors (Lipinski definition) is 7. The number of nitrogens with zero attached hydrogens (tertiary/aromatic N) is 1. The minimum Gasteiger partial charge on any atom is -0.495 e. The summed E-state index contributed by atoms with van der Waals surface area (Å²) in [6, 6.07) is 8.93. The number of methoxy groups -OCH3 is 4. The zero-order chi connectivity index (χ0) is 22.3. The third kappa shape index (κ3) is 5.43. The molecule has 8 nitrogen and oxygen atoms in total. The summed E-state index contributed by atoms with van der Waals surface area (Å²) in [5.41, 5.74) is 2.02. The second kappa shape index (κ2) is 10.5. The molecule has 0 aromatic heterocycles. The van der Waals surface area contributed by atoms with Crippen molar-refractivity contribution in [2.75, 3.05) is 33.4 Å². The average molecular weight is 416 g/mol. The monoisotopic (exact) mass is 416 g/mol. The molecular weight excluding hydrogens is 388 g/mol. The minimum atomic E-state index is -0.794. The quantitative estimate of drug-likeness (QED) is 0.280. The number of aliphatic hydroxyl groups is 1. The molecule has 0 aliphatic carbocycles. The highest BCUT2D eigenvalue weighted by molar-refractivity contribution is 5.94. The molecule has 0 radical (unpaired) electrons. The molecule has 0 aliphatic heterocycles. The van der Waals surface area contributed by atoms with E-state index in [0.29, 0.717) is 28.7 Å². The van der Waals surface area contributed by atoms with Crippen molar-refractivity contribution in [1.82, 2.24) is 0 Å². The van der Waals surface area contributed by atoms with Crippen molar-refractivity contribution in [3.05, 3.63) is 41.5 Å². The molecule has 0 aliphatic rings. The highest BCUT2D eigenvalue weighted by atomic mass is 16.5. The number of amides is 1. The number of ether oxygens (including phenoxy) is 4. The van der Waals surface area contributed by atoms with Gasteiger partial charge in [-0.1, -0.05) is 18.2 Å². The fourth-order valence-corrected chi connectivity index (χ4v) is 2.87. The number of anilines is 1. The van der Waals surface area contributed by atoms with Gasteiger partial charge in [0, 0.05) is 0 Å². The van der Waals surface area contributed by atoms with E-state index in [2.05, 4.69) is 0 Å². The van der Waals surface area contributed by atoms with Crippen LogP contribution < -0.4 is 29.8 Å². The Morgan fingerprint density at radius 3 is 2.03 bits per heavy atom. The predicted octanol–water partition coefficient (Wildman–Crippen LogP) is 2.87. The van der Waals surface area contributed by atoms with Crippen molar-refractivity contribution in [1.29, 1.82) is 0 Å². The largest absolute Gasteiger partial charge is 0.495 e. The normalized spacial score (nSPS) is 11.8. The van der Waals surface area contributed by atoms with Gasteiger partial charge in [0.25, 0.3) is 0 Å². The van der Waals surface area contributed by atoms with Gasteiger partial charge in [0.15, 0.2) is 11.5 Å². The first-order valence-corrected chi connectivity index (χ1v) is 9.26. The van der Waals surface area contributed by atoms with Crippen molar-refractivity contribution >= 4 is 23.7 Å². The lowest BCUT2D eigenvalue weighted by atomic mass is 10.1. The Kier molecular flexibility index (Phi) is 8.08. The van der Waals surface area contributed by atoms with Crippen LogP contribution >= 0.6 is 0 Å². The van der Waals surface area contributed by atoms with Crippen molar-refractivity contribution < 1.29 is 28.8 Å². The lowest BCUT2D eigenvalue weighted by molar-refractivity contribution is -0.120. The highest BCUT2D eigenvalue weighted by Gasteiger charge is 2.18. The van der Waals surface area contributed by atoms with Gasteiger partial charge < -0.3 is 24.1 Å². The van der Waals surface area contributed by atoms with Gasteiger partial charge in [-0.3, -0.25) is 4.79 Å². The number of hydrogen-bond donors (Lipinski definition) is 2. The van der Waals surface area contributed by atoms with Crippen LogP contribution in [0.2, 0.25) is 0 Å². The molecule has 0 saturated heterocycles. The molecule has 0 bridgehead atoms. The minimum absolute atomic E-state index is 0.0921. The first kappa shape index (κ1) is 23.1. The fourth-order valence-electron chi connectivity index (χ4n) is 2.87. The van der Waals surface area contributed by atoms with Crippen LogP contribution in [0, 0.1) is 0 Å². The summed E-state index contributed by atoms with van der Waals surface area (Å²) in [6.07, 6.45) is 2.84. The summed E-state index contributed by atoms with van der Waals surface area (Å²) < 4.78 is 21.4. The number of nitrogens with two attached hydrogens (primary N) is 1. The lowest BCUT2D eigenvalue weighted by Gasteiger charge is -2.20. The van der Waals surface area contributed by atoms with Crippen LogP contribution in [0.1, 0.15) is 24.5 Å². The van der Waals surface area contributed by atoms with E-state index in [1.165, 1.54) is 14.0 Å². The summed E-state index contributed by atoms with van der Waals surface area (Å²) in [7, 11) is 6.16. The van der Waals surface area contributed by atoms with Crippen LogP contribution in [0.3, 0.4) is 0 Å². The van der Waals surface area contributed by atoms with Crippen LogP contribution in [0.4, 0.5) is 5.69 Å². The van der Waals surface area contributed by atoms with Gasteiger partial charge in [-0.05, 0) is 42.3 Å². The molecule has 2 aromatic carbocycles. The SMILES string of the molecule is COc1ccc(C=Cc2cc(OC)c(OC)c(OC)c2)cc1N(N)C(=O)C[C@@H](C)O. The van der Waals surface area contributed by atoms with Crippen molar-refractivity contribution in [3.8, 4) is 23.0 Å². The van der Waals surface area contributed by atoms with E-state index in [1.807, 2.05) is 30.4 Å². The van der Waals surface area contributed by atoms with E-state index < -0.39 is 12.0 Å². The van der Waals surface area contributed by atoms with E-state index in [1.54, 1.807) is 33.5 Å². The van der Waals surface area contributed by atoms with Gasteiger partial charge in [0.1, 0.15) is 11.4 Å². The van der Waals surface area contributed by atoms with Crippen LogP contribution in [0.25, 0.3) is 12.2 Å². The molecular formula is C22H28N2O6. The molecule has 0 spiro atoms. The highest BCUT2D eigenvalue weighted by Crippen LogP contribution is 2.38. The molecule has 8 heteroatoms. The molecule has 3 N–H and O–H groups in total. The van der Waals surface area contributed by atoms with Crippen LogP contribution in [-0.2, 0) is 4.79 Å². The Labute approximate surface area is 176 Å². The van der Waals surface area contributed by atoms with E-state index >= 15 is 0 Å². The zero-order valence-corrected chi connectivity index (χ0v) is 17.8. The lowest BCUT2D eigenvalue weighted by Crippen LogP contribution is -2.39. The number of aliphatic hydroxyl groups excluding tert-OH is 1. The van der Waals surface area contributed by atoms with Gasteiger partial charge in [0.05, 0.1) is 41.0 Å². The van der Waals surface area contributed by atoms with E-state index in [4.69, 9.17) is 24.8 Å². The molecule has 1 atom stereocenters. The van der Waals surface area contributed by atoms with Gasteiger partial charge in [-0.25, -0.2) is 10.9 Å². The number of carbonyl (C=O) groups is 1. The van der Waals surface area contributed by atoms with E-state index in [-0.39, 0.29) is 6.42 Å². The van der Waals surface area contributed by atoms with Gasteiger partial charge >= 0.3 is 0 Å². The van der Waals surface area contributed by atoms with Crippen LogP contribution in [0.15, 0.2) is 30.3 Å². The number of benzene rings is 2. The first-order valence-electron chi connectivity index (χ1n) is 9.26. The van der Waals surface area contributed by atoms with Crippen LogP contribution in [-0.4, -0.2) is 45.6 Å². The van der Waals surface area contributed by atoms with Crippen LogP contribution in [0.5, 0.6) is 23.0 Å². The maximum absolute atomic E-state index is 12.2. The summed E-state index contributed by atoms with van der Waals surface area (Å²) in [6.45, 7) is 1.53. The average Bonchev–Trinajstić information content (AvgIpc) is 2.75. The zero-order valence-electron chi connectivity index (χ0n) is 17.8. The summed E-state index contributed by atoms with van der Waals surface area (Å²) in [5.74, 6) is 7.60. The number of rotatable bonds is 9. The Balaban J connectivity index is 2.37. The van der Waals surface area contributed by atoms with Crippen molar-refractivity contribution in [2.24, 2.45) is 5.84 Å². The second-order valence-electron chi connectivity index (χ2n) is 6.54. The molecule has 2 rings (SSSR count). The molecule has 1 amide bonds. The van der Waals surface area contributed by atoms with Gasteiger partial charge in [0.2, 0.25) is 11.7 Å². The van der Waals surface area contributed by atoms with Crippen molar-refractivity contribution in [2.45, 2.75) is 19.4 Å². The Hall–Kier alpha value is -3.23. The molecule has 0 fully saturated rings. The summed E-state index contributed by atoms with van der Waals surface area (Å²) in [4.78, 5) is 12.2. The molecule has 30 heavy (non-hydrogen) atoms. The number of hydrazine groups is 1. The topological polar surface area (TPSA) is 103 Å². The predicted molar refractivity (Wildman–Crippen MR) is 116 cm³/mol. The second-order valence-corrected chi connectivity index (χ2v) is 6.54. The first-order chi connectivity index (χ1) is 14.3. The van der Waals surface area contributed by atoms with Gasteiger partial charge in [-0.15, -0.1) is 0 Å². The van der Waals surface area contributed by atoms with Crippen molar-refractivity contribution in [3.63, 3.8) is 0 Å². The Morgan fingerprint density at radius 1 is 0.967 bits per heavy atom. The molecule has 162 valence electrons.